The second-order valence-corrected chi connectivity index (χ2v) is 7.22. The molecule has 0 aliphatic rings. The number of carbonyl (C=O) groups excluding carboxylic acids is 2. The first-order valence-corrected chi connectivity index (χ1v) is 9.46. The minimum Gasteiger partial charge on any atom is -0.445 e. The molecular weight excluding hydrogens is 390 g/mol. The molecule has 0 saturated carbocycles. The van der Waals surface area contributed by atoms with Gasteiger partial charge in [0.25, 0.3) is 0 Å². The number of alkyl carbamates (subject to hydrolysis) is 1. The lowest BCUT2D eigenvalue weighted by molar-refractivity contribution is -0.124. The predicted molar refractivity (Wildman–Crippen MR) is 117 cm³/mol. The van der Waals surface area contributed by atoms with Crippen LogP contribution in [0.4, 0.5) is 4.79 Å². The zero-order valence-corrected chi connectivity index (χ0v) is 17.7. The topological polar surface area (TPSA) is 93.5 Å². The summed E-state index contributed by atoms with van der Waals surface area (Å²) in [6, 6.07) is 18.6. The van der Waals surface area contributed by atoms with Gasteiger partial charge in [0.2, 0.25) is 5.91 Å². The Hall–Kier alpha value is -2.57. The lowest BCUT2D eigenvalue weighted by atomic mass is 9.93. The molecule has 29 heavy (non-hydrogen) atoms. The van der Waals surface area contributed by atoms with Gasteiger partial charge in [-0.05, 0) is 37.8 Å². The molecule has 0 unspecified atom stereocenters. The van der Waals surface area contributed by atoms with Crippen LogP contribution in [-0.4, -0.2) is 24.6 Å². The van der Waals surface area contributed by atoms with Crippen molar-refractivity contribution in [3.8, 4) is 0 Å². The molecule has 0 fully saturated rings. The average Bonchev–Trinajstić information content (AvgIpc) is 2.70. The summed E-state index contributed by atoms with van der Waals surface area (Å²) in [5.41, 5.74) is 7.43. The SMILES string of the molecule is CC(C)(NC(=O)[C@H](N)CCCNC(=O)OCc1ccccc1)c1ccccc1.Cl. The molecule has 0 aliphatic carbocycles. The van der Waals surface area contributed by atoms with Gasteiger partial charge in [0.15, 0.2) is 0 Å². The summed E-state index contributed by atoms with van der Waals surface area (Å²) in [5, 5.41) is 5.66. The molecule has 6 nitrogen and oxygen atoms in total. The van der Waals surface area contributed by atoms with Gasteiger partial charge in [-0.3, -0.25) is 4.79 Å². The maximum atomic E-state index is 12.4. The fourth-order valence-corrected chi connectivity index (χ4v) is 2.75. The third kappa shape index (κ3) is 8.54. The van der Waals surface area contributed by atoms with E-state index in [1.54, 1.807) is 0 Å². The highest BCUT2D eigenvalue weighted by atomic mass is 35.5. The Morgan fingerprint density at radius 3 is 2.24 bits per heavy atom. The number of halogens is 1. The molecule has 0 radical (unpaired) electrons. The van der Waals surface area contributed by atoms with E-state index in [0.29, 0.717) is 19.4 Å². The molecule has 4 N–H and O–H groups in total. The third-order valence-corrected chi connectivity index (χ3v) is 4.44. The van der Waals surface area contributed by atoms with E-state index in [4.69, 9.17) is 10.5 Å². The first-order valence-electron chi connectivity index (χ1n) is 9.46. The van der Waals surface area contributed by atoms with E-state index >= 15 is 0 Å². The summed E-state index contributed by atoms with van der Waals surface area (Å²) < 4.78 is 5.14. The van der Waals surface area contributed by atoms with E-state index in [2.05, 4.69) is 10.6 Å². The van der Waals surface area contributed by atoms with Gasteiger partial charge < -0.3 is 21.1 Å². The molecule has 0 heterocycles. The number of nitrogens with two attached hydrogens (primary N) is 1. The van der Waals surface area contributed by atoms with Crippen molar-refractivity contribution in [2.75, 3.05) is 6.54 Å². The highest BCUT2D eigenvalue weighted by Crippen LogP contribution is 2.19. The zero-order valence-electron chi connectivity index (χ0n) is 16.9. The van der Waals surface area contributed by atoms with Gasteiger partial charge in [-0.1, -0.05) is 60.7 Å². The largest absolute Gasteiger partial charge is 0.445 e. The summed E-state index contributed by atoms with van der Waals surface area (Å²) >= 11 is 0. The van der Waals surface area contributed by atoms with Crippen molar-refractivity contribution in [1.29, 1.82) is 0 Å². The van der Waals surface area contributed by atoms with E-state index in [-0.39, 0.29) is 24.9 Å². The summed E-state index contributed by atoms with van der Waals surface area (Å²) in [5.74, 6) is -0.208. The van der Waals surface area contributed by atoms with Gasteiger partial charge in [0.1, 0.15) is 6.61 Å². The maximum absolute atomic E-state index is 12.4. The van der Waals surface area contributed by atoms with Crippen molar-refractivity contribution in [3.63, 3.8) is 0 Å². The number of nitrogens with one attached hydrogen (secondary N) is 2. The van der Waals surface area contributed by atoms with E-state index in [1.807, 2.05) is 74.5 Å². The van der Waals surface area contributed by atoms with Crippen LogP contribution in [0.5, 0.6) is 0 Å². The minimum absolute atomic E-state index is 0. The minimum atomic E-state index is -0.634. The molecule has 2 amide bonds. The lowest BCUT2D eigenvalue weighted by Crippen LogP contribution is -2.49. The lowest BCUT2D eigenvalue weighted by Gasteiger charge is -2.28. The number of hydrogen-bond donors (Lipinski definition) is 3. The first kappa shape index (κ1) is 24.5. The van der Waals surface area contributed by atoms with E-state index < -0.39 is 17.7 Å². The van der Waals surface area contributed by atoms with Gasteiger partial charge in [-0.25, -0.2) is 4.79 Å². The fourth-order valence-electron chi connectivity index (χ4n) is 2.75. The fraction of sp³-hybridized carbons (Fsp3) is 0.364. The van der Waals surface area contributed by atoms with E-state index in [0.717, 1.165) is 11.1 Å². The predicted octanol–water partition coefficient (Wildman–Crippen LogP) is 3.49. The number of rotatable bonds is 9. The van der Waals surface area contributed by atoms with Crippen LogP contribution in [0.3, 0.4) is 0 Å². The number of hydrogen-bond acceptors (Lipinski definition) is 4. The number of carbonyl (C=O) groups is 2. The van der Waals surface area contributed by atoms with Gasteiger partial charge >= 0.3 is 6.09 Å². The number of amides is 2. The maximum Gasteiger partial charge on any atom is 0.407 e. The van der Waals surface area contributed by atoms with Crippen molar-refractivity contribution >= 4 is 24.4 Å². The van der Waals surface area contributed by atoms with E-state index in [9.17, 15) is 9.59 Å². The van der Waals surface area contributed by atoms with E-state index in [1.165, 1.54) is 0 Å². The normalized spacial score (nSPS) is 11.7. The average molecular weight is 420 g/mol. The van der Waals surface area contributed by atoms with Crippen LogP contribution in [0.1, 0.15) is 37.8 Å². The summed E-state index contributed by atoms with van der Waals surface area (Å²) in [7, 11) is 0. The summed E-state index contributed by atoms with van der Waals surface area (Å²) in [6.45, 7) is 4.51. The van der Waals surface area contributed by atoms with Crippen LogP contribution in [0, 0.1) is 0 Å². The second-order valence-electron chi connectivity index (χ2n) is 7.22. The van der Waals surface area contributed by atoms with Gasteiger partial charge in [0.05, 0.1) is 11.6 Å². The molecule has 158 valence electrons. The molecule has 2 aromatic rings. The Bertz CT molecular complexity index is 754. The van der Waals surface area contributed by atoms with Gasteiger partial charge in [-0.2, -0.15) is 0 Å². The standard InChI is InChI=1S/C22H29N3O3.ClH/c1-22(2,18-12-7-4-8-13-18)25-20(26)19(23)14-9-15-24-21(27)28-16-17-10-5-3-6-11-17;/h3-8,10-13,19H,9,14-16,23H2,1-2H3,(H,24,27)(H,25,26);1H/t19-;/m1./s1. The highest BCUT2D eigenvalue weighted by Gasteiger charge is 2.25. The first-order chi connectivity index (χ1) is 13.4. The van der Waals surface area contributed by atoms with Crippen molar-refractivity contribution < 1.29 is 14.3 Å². The smallest absolute Gasteiger partial charge is 0.407 e. The molecule has 0 aliphatic heterocycles. The molecule has 0 spiro atoms. The zero-order chi connectivity index (χ0) is 20.4. The van der Waals surface area contributed by atoms with Crippen LogP contribution in [-0.2, 0) is 21.7 Å². The molecule has 0 bridgehead atoms. The van der Waals surface area contributed by atoms with Crippen LogP contribution < -0.4 is 16.4 Å². The summed E-state index contributed by atoms with van der Waals surface area (Å²) in [4.78, 5) is 24.1. The van der Waals surface area contributed by atoms with Crippen LogP contribution in [0.15, 0.2) is 60.7 Å². The quantitative estimate of drug-likeness (QED) is 0.542. The molecule has 0 aromatic heterocycles. The summed E-state index contributed by atoms with van der Waals surface area (Å²) in [6.07, 6.45) is 0.572. The molecular formula is C22H30ClN3O3. The van der Waals surface area contributed by atoms with Crippen molar-refractivity contribution in [1.82, 2.24) is 10.6 Å². The Morgan fingerprint density at radius 1 is 1.03 bits per heavy atom. The molecule has 7 heteroatoms. The van der Waals surface area contributed by atoms with Gasteiger partial charge in [-0.15, -0.1) is 12.4 Å². The highest BCUT2D eigenvalue weighted by molar-refractivity contribution is 5.85. The molecule has 0 saturated heterocycles. The Morgan fingerprint density at radius 2 is 1.62 bits per heavy atom. The monoisotopic (exact) mass is 419 g/mol. The van der Waals surface area contributed by atoms with Crippen molar-refractivity contribution in [3.05, 3.63) is 71.8 Å². The molecule has 1 atom stereocenters. The van der Waals surface area contributed by atoms with Crippen molar-refractivity contribution in [2.45, 2.75) is 44.9 Å². The van der Waals surface area contributed by atoms with Crippen LogP contribution >= 0.6 is 12.4 Å². The molecule has 2 rings (SSSR count). The van der Waals surface area contributed by atoms with Crippen LogP contribution in [0.2, 0.25) is 0 Å². The third-order valence-electron chi connectivity index (χ3n) is 4.44. The Balaban J connectivity index is 0.00000420. The Labute approximate surface area is 178 Å². The van der Waals surface area contributed by atoms with Gasteiger partial charge in [0, 0.05) is 6.54 Å². The second kappa shape index (κ2) is 12.1. The van der Waals surface area contributed by atoms with Crippen LogP contribution in [0.25, 0.3) is 0 Å². The van der Waals surface area contributed by atoms with Crippen molar-refractivity contribution in [2.24, 2.45) is 5.73 Å². The molecule has 2 aromatic carbocycles. The number of ether oxygens (including phenoxy) is 1. The number of benzene rings is 2. The Kier molecular flexibility index (Phi) is 10.2.